The molecule has 3 aromatic rings. The van der Waals surface area contributed by atoms with Crippen molar-refractivity contribution in [2.45, 2.75) is 32.0 Å². The van der Waals surface area contributed by atoms with Gasteiger partial charge in [0, 0.05) is 29.8 Å². The van der Waals surface area contributed by atoms with E-state index in [1.165, 1.54) is 0 Å². The van der Waals surface area contributed by atoms with Crippen LogP contribution in [0, 0.1) is 0 Å². The van der Waals surface area contributed by atoms with Crippen LogP contribution in [-0.2, 0) is 0 Å². The van der Waals surface area contributed by atoms with Crippen molar-refractivity contribution in [3.63, 3.8) is 0 Å². The van der Waals surface area contributed by atoms with Crippen LogP contribution in [-0.4, -0.2) is 36.7 Å². The van der Waals surface area contributed by atoms with E-state index in [4.69, 9.17) is 12.2 Å². The van der Waals surface area contributed by atoms with Crippen molar-refractivity contribution in [1.29, 1.82) is 0 Å². The molecule has 148 valence electrons. The number of rotatable bonds is 5. The Labute approximate surface area is 174 Å². The first-order chi connectivity index (χ1) is 14.0. The molecular formula is C22H22N4O2S. The van der Waals surface area contributed by atoms with E-state index in [1.54, 1.807) is 24.4 Å². The van der Waals surface area contributed by atoms with E-state index in [0.29, 0.717) is 5.11 Å². The van der Waals surface area contributed by atoms with Gasteiger partial charge in [-0.15, -0.1) is 0 Å². The van der Waals surface area contributed by atoms with Crippen LogP contribution < -0.4 is 5.32 Å². The molecule has 1 aromatic carbocycles. The summed E-state index contributed by atoms with van der Waals surface area (Å²) in [6, 6.07) is 16.8. The van der Waals surface area contributed by atoms with E-state index < -0.39 is 5.97 Å². The van der Waals surface area contributed by atoms with Gasteiger partial charge in [0.2, 0.25) is 0 Å². The van der Waals surface area contributed by atoms with Crippen molar-refractivity contribution >= 4 is 23.3 Å². The van der Waals surface area contributed by atoms with Gasteiger partial charge in [0.25, 0.3) is 0 Å². The van der Waals surface area contributed by atoms with Crippen molar-refractivity contribution < 1.29 is 9.90 Å². The zero-order valence-corrected chi connectivity index (χ0v) is 17.0. The molecule has 2 N–H and O–H groups in total. The molecule has 1 aliphatic rings. The maximum Gasteiger partial charge on any atom is 0.335 e. The topological polar surface area (TPSA) is 70.4 Å². The van der Waals surface area contributed by atoms with Crippen molar-refractivity contribution in [1.82, 2.24) is 19.8 Å². The van der Waals surface area contributed by atoms with Crippen LogP contribution in [0.1, 0.15) is 47.7 Å². The first kappa shape index (κ1) is 19.1. The molecule has 6 nitrogen and oxygen atoms in total. The number of pyridine rings is 1. The molecule has 0 radical (unpaired) electrons. The SMILES string of the molecule is CC(C)N1C(=S)N[C@H](c2ccccn2)[C@H]1c1cccn1-c1cccc(C(=O)O)c1. The molecule has 0 unspecified atom stereocenters. The second kappa shape index (κ2) is 7.67. The summed E-state index contributed by atoms with van der Waals surface area (Å²) >= 11 is 5.66. The number of aromatic nitrogens is 2. The van der Waals surface area contributed by atoms with Gasteiger partial charge in [-0.25, -0.2) is 4.79 Å². The molecule has 1 aliphatic heterocycles. The minimum absolute atomic E-state index is 0.0825. The lowest BCUT2D eigenvalue weighted by Crippen LogP contribution is -2.36. The minimum Gasteiger partial charge on any atom is -0.478 e. The molecule has 0 spiro atoms. The molecule has 0 saturated carbocycles. The predicted molar refractivity (Wildman–Crippen MR) is 115 cm³/mol. The Kier molecular flexibility index (Phi) is 5.07. The lowest BCUT2D eigenvalue weighted by atomic mass is 10.00. The van der Waals surface area contributed by atoms with Gasteiger partial charge < -0.3 is 19.9 Å². The number of thiocarbonyl (C=S) groups is 1. The Balaban J connectivity index is 1.83. The third-order valence-corrected chi connectivity index (χ3v) is 5.47. The summed E-state index contributed by atoms with van der Waals surface area (Å²) in [6.07, 6.45) is 3.73. The third kappa shape index (κ3) is 3.49. The van der Waals surface area contributed by atoms with Crippen molar-refractivity contribution in [3.05, 3.63) is 83.9 Å². The quantitative estimate of drug-likeness (QED) is 0.625. The largest absolute Gasteiger partial charge is 0.478 e. The van der Waals surface area contributed by atoms with E-state index >= 15 is 0 Å². The molecule has 0 bridgehead atoms. The highest BCUT2D eigenvalue weighted by Crippen LogP contribution is 2.40. The van der Waals surface area contributed by atoms with Gasteiger partial charge in [0.15, 0.2) is 5.11 Å². The molecule has 4 rings (SSSR count). The fourth-order valence-corrected chi connectivity index (χ4v) is 4.35. The molecule has 7 heteroatoms. The van der Waals surface area contributed by atoms with E-state index in [-0.39, 0.29) is 23.7 Å². The summed E-state index contributed by atoms with van der Waals surface area (Å²) in [5.41, 5.74) is 2.98. The smallest absolute Gasteiger partial charge is 0.335 e. The van der Waals surface area contributed by atoms with Crippen molar-refractivity contribution in [3.8, 4) is 5.69 Å². The van der Waals surface area contributed by atoms with Crippen LogP contribution in [0.3, 0.4) is 0 Å². The fraction of sp³-hybridized carbons (Fsp3) is 0.227. The number of carboxylic acids is 1. The maximum atomic E-state index is 11.4. The zero-order chi connectivity index (χ0) is 20.5. The summed E-state index contributed by atoms with van der Waals surface area (Å²) in [7, 11) is 0. The van der Waals surface area contributed by atoms with Crippen LogP contribution in [0.15, 0.2) is 67.0 Å². The van der Waals surface area contributed by atoms with Gasteiger partial charge >= 0.3 is 5.97 Å². The summed E-state index contributed by atoms with van der Waals surface area (Å²) in [5, 5.41) is 13.5. The second-order valence-electron chi connectivity index (χ2n) is 7.29. The summed E-state index contributed by atoms with van der Waals surface area (Å²) < 4.78 is 2.03. The standard InChI is InChI=1S/C22H22N4O2S/c1-14(2)26-20(19(24-22(26)29)17-9-3-4-11-23-17)18-10-6-12-25(18)16-8-5-7-15(13-16)21(27)28/h3-14,19-20H,1-2H3,(H,24,29)(H,27,28)/t19-,20-/m1/s1. The summed E-state index contributed by atoms with van der Waals surface area (Å²) in [6.45, 7) is 4.22. The van der Waals surface area contributed by atoms with Crippen LogP contribution in [0.2, 0.25) is 0 Å². The van der Waals surface area contributed by atoms with Gasteiger partial charge in [-0.05, 0) is 68.5 Å². The predicted octanol–water partition coefficient (Wildman–Crippen LogP) is 3.95. The van der Waals surface area contributed by atoms with E-state index in [2.05, 4.69) is 35.1 Å². The number of carboxylic acid groups (broad SMARTS) is 1. The van der Waals surface area contributed by atoms with Crippen LogP contribution >= 0.6 is 12.2 Å². The molecule has 1 fully saturated rings. The first-order valence-corrected chi connectivity index (χ1v) is 9.89. The molecule has 1 saturated heterocycles. The van der Waals surface area contributed by atoms with E-state index in [1.807, 2.05) is 41.1 Å². The summed E-state index contributed by atoms with van der Waals surface area (Å²) in [5.74, 6) is -0.945. The third-order valence-electron chi connectivity index (χ3n) is 5.15. The Morgan fingerprint density at radius 2 is 2.00 bits per heavy atom. The summed E-state index contributed by atoms with van der Waals surface area (Å²) in [4.78, 5) is 18.2. The molecule has 0 amide bonds. The van der Waals surface area contributed by atoms with Gasteiger partial charge in [-0.3, -0.25) is 4.98 Å². The number of benzene rings is 1. The van der Waals surface area contributed by atoms with Crippen molar-refractivity contribution in [2.75, 3.05) is 0 Å². The Hall–Kier alpha value is -3.19. The molecule has 3 heterocycles. The zero-order valence-electron chi connectivity index (χ0n) is 16.2. The molecule has 0 aliphatic carbocycles. The minimum atomic E-state index is -0.945. The Bertz CT molecular complexity index is 1050. The number of carbonyl (C=O) groups is 1. The lowest BCUT2D eigenvalue weighted by Gasteiger charge is -2.31. The highest BCUT2D eigenvalue weighted by atomic mass is 32.1. The van der Waals surface area contributed by atoms with Gasteiger partial charge in [0.05, 0.1) is 23.3 Å². The van der Waals surface area contributed by atoms with Gasteiger partial charge in [-0.1, -0.05) is 12.1 Å². The normalized spacial score (nSPS) is 18.9. The Morgan fingerprint density at radius 3 is 2.69 bits per heavy atom. The number of hydrogen-bond donors (Lipinski definition) is 2. The van der Waals surface area contributed by atoms with Crippen LogP contribution in [0.5, 0.6) is 0 Å². The van der Waals surface area contributed by atoms with E-state index in [0.717, 1.165) is 17.1 Å². The highest BCUT2D eigenvalue weighted by Gasteiger charge is 2.42. The van der Waals surface area contributed by atoms with Crippen molar-refractivity contribution in [2.24, 2.45) is 0 Å². The van der Waals surface area contributed by atoms with Gasteiger partial charge in [-0.2, -0.15) is 0 Å². The highest BCUT2D eigenvalue weighted by molar-refractivity contribution is 7.80. The average molecular weight is 407 g/mol. The van der Waals surface area contributed by atoms with E-state index in [9.17, 15) is 9.90 Å². The molecule has 29 heavy (non-hydrogen) atoms. The van der Waals surface area contributed by atoms with Gasteiger partial charge in [0.1, 0.15) is 0 Å². The van der Waals surface area contributed by atoms with Crippen LogP contribution in [0.25, 0.3) is 5.69 Å². The second-order valence-corrected chi connectivity index (χ2v) is 7.67. The number of nitrogens with zero attached hydrogens (tertiary/aromatic N) is 3. The first-order valence-electron chi connectivity index (χ1n) is 9.48. The Morgan fingerprint density at radius 1 is 1.17 bits per heavy atom. The number of nitrogens with one attached hydrogen (secondary N) is 1. The number of hydrogen-bond acceptors (Lipinski definition) is 3. The average Bonchev–Trinajstić information content (AvgIpc) is 3.32. The maximum absolute atomic E-state index is 11.4. The number of aromatic carboxylic acids is 1. The lowest BCUT2D eigenvalue weighted by molar-refractivity contribution is 0.0697. The monoisotopic (exact) mass is 406 g/mol. The van der Waals surface area contributed by atoms with Crippen LogP contribution in [0.4, 0.5) is 0 Å². The molecular weight excluding hydrogens is 384 g/mol. The molecule has 2 aromatic heterocycles. The fourth-order valence-electron chi connectivity index (χ4n) is 3.90. The molecule has 2 atom stereocenters.